The molecule has 4 aromatic rings. The van der Waals surface area contributed by atoms with E-state index in [2.05, 4.69) is 59.6 Å². The van der Waals surface area contributed by atoms with E-state index >= 15 is 0 Å². The molecule has 0 aliphatic rings. The van der Waals surface area contributed by atoms with Crippen molar-refractivity contribution in [2.24, 2.45) is 0 Å². The number of nitrogens with zero attached hydrogens (tertiary/aromatic N) is 1. The minimum atomic E-state index is 0.156. The lowest BCUT2D eigenvalue weighted by molar-refractivity contribution is -0.107. The van der Waals surface area contributed by atoms with E-state index in [1.807, 2.05) is 38.1 Å². The summed E-state index contributed by atoms with van der Waals surface area (Å²) in [7, 11) is 0. The van der Waals surface area contributed by atoms with Crippen LogP contribution < -0.4 is 4.74 Å². The topological polar surface area (TPSA) is 55.0 Å². The maximum Gasteiger partial charge on any atom is 0.138 e. The molecule has 4 heteroatoms. The third-order valence-corrected chi connectivity index (χ3v) is 5.01. The molecule has 0 saturated carbocycles. The Morgan fingerprint density at radius 2 is 1.65 bits per heavy atom. The van der Waals surface area contributed by atoms with E-state index < -0.39 is 0 Å². The van der Waals surface area contributed by atoms with Crippen molar-refractivity contribution in [3.8, 4) is 17.1 Å². The lowest BCUT2D eigenvalue weighted by Gasteiger charge is -2.09. The van der Waals surface area contributed by atoms with Gasteiger partial charge in [0.15, 0.2) is 0 Å². The second-order valence-corrected chi connectivity index (χ2v) is 7.83. The van der Waals surface area contributed by atoms with Crippen molar-refractivity contribution in [3.63, 3.8) is 0 Å². The summed E-state index contributed by atoms with van der Waals surface area (Å²) >= 11 is 0. The monoisotopic (exact) mass is 410 g/mol. The van der Waals surface area contributed by atoms with E-state index in [1.165, 1.54) is 5.56 Å². The molecule has 0 saturated heterocycles. The van der Waals surface area contributed by atoms with E-state index in [1.54, 1.807) is 0 Å². The van der Waals surface area contributed by atoms with E-state index in [4.69, 9.17) is 9.72 Å². The number of aromatic amines is 1. The SMILES string of the molecule is CC(C)Oc1ccc(-c2nc3cc(/C=C\c4ccc(CCC=O)cc4)ccc3[nH]2)cc1. The van der Waals surface area contributed by atoms with E-state index in [9.17, 15) is 4.79 Å². The summed E-state index contributed by atoms with van der Waals surface area (Å²) < 4.78 is 5.71. The number of fused-ring (bicyclic) bond motifs is 1. The van der Waals surface area contributed by atoms with Crippen LogP contribution in [0.4, 0.5) is 0 Å². The highest BCUT2D eigenvalue weighted by Gasteiger charge is 2.06. The number of carbonyl (C=O) groups excluding carboxylic acids is 1. The number of aromatic nitrogens is 2. The Morgan fingerprint density at radius 3 is 2.35 bits per heavy atom. The molecule has 0 aliphatic carbocycles. The summed E-state index contributed by atoms with van der Waals surface area (Å²) in [4.78, 5) is 18.7. The van der Waals surface area contributed by atoms with Gasteiger partial charge >= 0.3 is 0 Å². The van der Waals surface area contributed by atoms with Gasteiger partial charge in [-0.3, -0.25) is 0 Å². The number of H-pyrrole nitrogens is 1. The highest BCUT2D eigenvalue weighted by Crippen LogP contribution is 2.24. The maximum absolute atomic E-state index is 10.5. The van der Waals surface area contributed by atoms with Crippen molar-refractivity contribution >= 4 is 29.5 Å². The van der Waals surface area contributed by atoms with Crippen LogP contribution in [0, 0.1) is 0 Å². The molecule has 31 heavy (non-hydrogen) atoms. The third-order valence-electron chi connectivity index (χ3n) is 5.01. The number of hydrogen-bond donors (Lipinski definition) is 1. The first kappa shape index (κ1) is 20.6. The van der Waals surface area contributed by atoms with Crippen molar-refractivity contribution in [1.29, 1.82) is 0 Å². The van der Waals surface area contributed by atoms with Crippen molar-refractivity contribution < 1.29 is 9.53 Å². The van der Waals surface area contributed by atoms with Crippen molar-refractivity contribution in [2.75, 3.05) is 0 Å². The molecule has 0 amide bonds. The Hall–Kier alpha value is -3.66. The molecule has 0 bridgehead atoms. The van der Waals surface area contributed by atoms with Gasteiger partial charge in [-0.05, 0) is 73.4 Å². The zero-order valence-electron chi connectivity index (χ0n) is 17.8. The van der Waals surface area contributed by atoms with Crippen molar-refractivity contribution in [3.05, 3.63) is 83.4 Å². The lowest BCUT2D eigenvalue weighted by atomic mass is 10.1. The van der Waals surface area contributed by atoms with Gasteiger partial charge in [-0.15, -0.1) is 0 Å². The minimum Gasteiger partial charge on any atom is -0.491 e. The van der Waals surface area contributed by atoms with Crippen LogP contribution in [0.2, 0.25) is 0 Å². The van der Waals surface area contributed by atoms with E-state index in [0.29, 0.717) is 6.42 Å². The van der Waals surface area contributed by atoms with Crippen LogP contribution in [0.25, 0.3) is 34.6 Å². The minimum absolute atomic E-state index is 0.156. The smallest absolute Gasteiger partial charge is 0.138 e. The quantitative estimate of drug-likeness (QED) is 0.273. The largest absolute Gasteiger partial charge is 0.491 e. The second-order valence-electron chi connectivity index (χ2n) is 7.83. The van der Waals surface area contributed by atoms with Crippen LogP contribution >= 0.6 is 0 Å². The van der Waals surface area contributed by atoms with Crippen molar-refractivity contribution in [1.82, 2.24) is 9.97 Å². The summed E-state index contributed by atoms with van der Waals surface area (Å²) in [6.07, 6.45) is 6.65. The fourth-order valence-corrected chi connectivity index (χ4v) is 3.44. The van der Waals surface area contributed by atoms with Gasteiger partial charge in [0, 0.05) is 12.0 Å². The lowest BCUT2D eigenvalue weighted by Crippen LogP contribution is -2.05. The molecule has 1 N–H and O–H groups in total. The predicted octanol–water partition coefficient (Wildman–Crippen LogP) is 6.32. The van der Waals surface area contributed by atoms with Crippen LogP contribution in [-0.2, 0) is 11.2 Å². The molecule has 156 valence electrons. The molecule has 0 radical (unpaired) electrons. The first-order chi connectivity index (χ1) is 15.1. The zero-order chi connectivity index (χ0) is 21.6. The number of nitrogens with one attached hydrogen (secondary N) is 1. The van der Waals surface area contributed by atoms with E-state index in [0.717, 1.165) is 52.0 Å². The average Bonchev–Trinajstić information content (AvgIpc) is 3.20. The first-order valence-corrected chi connectivity index (χ1v) is 10.6. The fourth-order valence-electron chi connectivity index (χ4n) is 3.44. The summed E-state index contributed by atoms with van der Waals surface area (Å²) in [6.45, 7) is 4.04. The van der Waals surface area contributed by atoms with Crippen LogP contribution in [0.5, 0.6) is 5.75 Å². The summed E-state index contributed by atoms with van der Waals surface area (Å²) in [5.41, 5.74) is 6.37. The molecule has 1 heterocycles. The van der Waals surface area contributed by atoms with Gasteiger partial charge < -0.3 is 14.5 Å². The maximum atomic E-state index is 10.5. The number of hydrogen-bond acceptors (Lipinski definition) is 3. The molecule has 0 fully saturated rings. The molecule has 0 spiro atoms. The first-order valence-electron chi connectivity index (χ1n) is 10.6. The predicted molar refractivity (Wildman–Crippen MR) is 127 cm³/mol. The Balaban J connectivity index is 1.49. The van der Waals surface area contributed by atoms with Crippen molar-refractivity contribution in [2.45, 2.75) is 32.8 Å². The molecular weight excluding hydrogens is 384 g/mol. The number of aldehydes is 1. The van der Waals surface area contributed by atoms with Crippen LogP contribution in [0.15, 0.2) is 66.7 Å². The molecule has 3 aromatic carbocycles. The normalized spacial score (nSPS) is 11.5. The standard InChI is InChI=1S/C27H26N2O2/c1-19(2)31-24-14-12-23(13-15-24)27-28-25-16-11-22(18-26(25)29-27)10-9-21-7-5-20(6-8-21)4-3-17-30/h5-19H,3-4H2,1-2H3,(H,28,29)/b10-9-. The fraction of sp³-hybridized carbons (Fsp3) is 0.185. The molecular formula is C27H26N2O2. The molecule has 0 atom stereocenters. The molecule has 0 aliphatic heterocycles. The van der Waals surface area contributed by atoms with Gasteiger partial charge in [-0.2, -0.15) is 0 Å². The van der Waals surface area contributed by atoms with Crippen LogP contribution in [0.1, 0.15) is 37.0 Å². The molecule has 0 unspecified atom stereocenters. The number of carbonyl (C=O) groups is 1. The van der Waals surface area contributed by atoms with Gasteiger partial charge in [0.1, 0.15) is 17.9 Å². The summed E-state index contributed by atoms with van der Waals surface area (Å²) in [6, 6.07) is 22.5. The van der Waals surface area contributed by atoms with Crippen LogP contribution in [-0.4, -0.2) is 22.4 Å². The summed E-state index contributed by atoms with van der Waals surface area (Å²) in [5, 5.41) is 0. The van der Waals surface area contributed by atoms with E-state index in [-0.39, 0.29) is 6.10 Å². The highest BCUT2D eigenvalue weighted by atomic mass is 16.5. The Morgan fingerprint density at radius 1 is 0.935 bits per heavy atom. The van der Waals surface area contributed by atoms with Gasteiger partial charge in [-0.25, -0.2) is 4.98 Å². The second kappa shape index (κ2) is 9.43. The molecule has 4 rings (SSSR count). The summed E-state index contributed by atoms with van der Waals surface area (Å²) in [5.74, 6) is 1.71. The Labute approximate surface area is 182 Å². The molecule has 1 aromatic heterocycles. The van der Waals surface area contributed by atoms with Gasteiger partial charge in [-0.1, -0.05) is 42.5 Å². The highest BCUT2D eigenvalue weighted by molar-refractivity contribution is 5.83. The number of imidazole rings is 1. The zero-order valence-corrected chi connectivity index (χ0v) is 17.8. The third kappa shape index (κ3) is 5.28. The number of rotatable bonds is 8. The Bertz CT molecular complexity index is 1190. The number of aryl methyl sites for hydroxylation is 1. The molecule has 4 nitrogen and oxygen atoms in total. The van der Waals surface area contributed by atoms with Crippen LogP contribution in [0.3, 0.4) is 0 Å². The number of benzene rings is 3. The van der Waals surface area contributed by atoms with Gasteiger partial charge in [0.05, 0.1) is 17.1 Å². The van der Waals surface area contributed by atoms with Gasteiger partial charge in [0.2, 0.25) is 0 Å². The number of ether oxygens (including phenoxy) is 1. The van der Waals surface area contributed by atoms with Gasteiger partial charge in [0.25, 0.3) is 0 Å². The average molecular weight is 411 g/mol. The Kier molecular flexibility index (Phi) is 6.27.